The fourth-order valence-electron chi connectivity index (χ4n) is 3.95. The maximum absolute atomic E-state index is 12.4. The molecule has 0 aromatic heterocycles. The number of hydrogen-bond acceptors (Lipinski definition) is 3. The SMILES string of the molecule is COc1ccccc1[C@@H](CCN(Cc1ccc(Cl)cc1)C(C)=O)c1ccc(OC(C)C)cc1. The number of hydrogen-bond donors (Lipinski definition) is 0. The first kappa shape index (κ1) is 24.7. The fourth-order valence-corrected chi connectivity index (χ4v) is 4.08. The van der Waals surface area contributed by atoms with E-state index in [-0.39, 0.29) is 17.9 Å². The summed E-state index contributed by atoms with van der Waals surface area (Å²) in [7, 11) is 1.69. The average Bonchev–Trinajstić information content (AvgIpc) is 2.80. The van der Waals surface area contributed by atoms with Gasteiger partial charge in [-0.15, -0.1) is 0 Å². The summed E-state index contributed by atoms with van der Waals surface area (Å²) < 4.78 is 11.5. The lowest BCUT2D eigenvalue weighted by Gasteiger charge is -2.26. The zero-order valence-electron chi connectivity index (χ0n) is 19.8. The first-order valence-electron chi connectivity index (χ1n) is 11.3. The van der Waals surface area contributed by atoms with Crippen LogP contribution in [0.15, 0.2) is 72.8 Å². The van der Waals surface area contributed by atoms with Crippen molar-refractivity contribution in [3.63, 3.8) is 0 Å². The molecule has 0 aliphatic carbocycles. The Morgan fingerprint density at radius 1 is 0.970 bits per heavy atom. The predicted octanol–water partition coefficient (Wildman–Crippen LogP) is 6.71. The van der Waals surface area contributed by atoms with E-state index in [1.54, 1.807) is 14.0 Å². The van der Waals surface area contributed by atoms with E-state index >= 15 is 0 Å². The molecule has 0 spiro atoms. The molecule has 0 fully saturated rings. The lowest BCUT2D eigenvalue weighted by atomic mass is 9.87. The average molecular weight is 466 g/mol. The van der Waals surface area contributed by atoms with Gasteiger partial charge in [0.1, 0.15) is 11.5 Å². The highest BCUT2D eigenvalue weighted by molar-refractivity contribution is 6.30. The number of ether oxygens (including phenoxy) is 2. The molecule has 3 rings (SSSR count). The number of para-hydroxylation sites is 1. The van der Waals surface area contributed by atoms with Crippen molar-refractivity contribution >= 4 is 17.5 Å². The normalized spacial score (nSPS) is 11.8. The van der Waals surface area contributed by atoms with E-state index in [0.29, 0.717) is 18.1 Å². The minimum absolute atomic E-state index is 0.0457. The highest BCUT2D eigenvalue weighted by atomic mass is 35.5. The second-order valence-corrected chi connectivity index (χ2v) is 8.82. The van der Waals surface area contributed by atoms with Gasteiger partial charge >= 0.3 is 0 Å². The molecule has 3 aromatic carbocycles. The molecule has 5 heteroatoms. The van der Waals surface area contributed by atoms with Crippen molar-refractivity contribution in [1.82, 2.24) is 4.90 Å². The number of halogens is 1. The zero-order chi connectivity index (χ0) is 23.8. The largest absolute Gasteiger partial charge is 0.496 e. The molecule has 0 N–H and O–H groups in total. The van der Waals surface area contributed by atoms with Gasteiger partial charge in [0, 0.05) is 36.5 Å². The molecule has 1 atom stereocenters. The lowest BCUT2D eigenvalue weighted by Crippen LogP contribution is -2.30. The van der Waals surface area contributed by atoms with Crippen molar-refractivity contribution in [2.24, 2.45) is 0 Å². The van der Waals surface area contributed by atoms with Crippen LogP contribution in [-0.4, -0.2) is 30.6 Å². The van der Waals surface area contributed by atoms with Crippen molar-refractivity contribution in [2.45, 2.75) is 45.8 Å². The Morgan fingerprint density at radius 3 is 2.24 bits per heavy atom. The summed E-state index contributed by atoms with van der Waals surface area (Å²) in [5.41, 5.74) is 3.32. The van der Waals surface area contributed by atoms with E-state index in [2.05, 4.69) is 18.2 Å². The fraction of sp³-hybridized carbons (Fsp3) is 0.321. The first-order chi connectivity index (χ1) is 15.9. The van der Waals surface area contributed by atoms with Crippen LogP contribution in [0.1, 0.15) is 49.8 Å². The Bertz CT molecular complexity index is 1030. The van der Waals surface area contributed by atoms with Crippen molar-refractivity contribution in [3.05, 3.63) is 94.5 Å². The van der Waals surface area contributed by atoms with Crippen molar-refractivity contribution in [2.75, 3.05) is 13.7 Å². The van der Waals surface area contributed by atoms with E-state index in [0.717, 1.165) is 34.6 Å². The summed E-state index contributed by atoms with van der Waals surface area (Å²) >= 11 is 6.02. The van der Waals surface area contributed by atoms with Crippen LogP contribution in [-0.2, 0) is 11.3 Å². The third kappa shape index (κ3) is 7.00. The van der Waals surface area contributed by atoms with Gasteiger partial charge in [-0.2, -0.15) is 0 Å². The quantitative estimate of drug-likeness (QED) is 0.334. The number of nitrogens with zero attached hydrogens (tertiary/aromatic N) is 1. The predicted molar refractivity (Wildman–Crippen MR) is 134 cm³/mol. The summed E-state index contributed by atoms with van der Waals surface area (Å²) in [6.45, 7) is 6.81. The molecule has 4 nitrogen and oxygen atoms in total. The molecule has 0 unspecified atom stereocenters. The number of amides is 1. The summed E-state index contributed by atoms with van der Waals surface area (Å²) in [6, 6.07) is 23.9. The zero-order valence-corrected chi connectivity index (χ0v) is 20.5. The van der Waals surface area contributed by atoms with Crippen LogP contribution in [0.4, 0.5) is 0 Å². The molecule has 0 aliphatic rings. The van der Waals surface area contributed by atoms with E-state index in [4.69, 9.17) is 21.1 Å². The maximum atomic E-state index is 12.4. The van der Waals surface area contributed by atoms with E-state index in [1.165, 1.54) is 0 Å². The molecular formula is C28H32ClNO3. The second kappa shape index (κ2) is 11.8. The monoisotopic (exact) mass is 465 g/mol. The molecule has 0 saturated carbocycles. The molecular weight excluding hydrogens is 434 g/mol. The second-order valence-electron chi connectivity index (χ2n) is 8.39. The van der Waals surface area contributed by atoms with Crippen LogP contribution in [0.25, 0.3) is 0 Å². The first-order valence-corrected chi connectivity index (χ1v) is 11.6. The molecule has 0 saturated heterocycles. The highest BCUT2D eigenvalue weighted by Crippen LogP contribution is 2.35. The standard InChI is InChI=1S/C28H32ClNO3/c1-20(2)33-25-15-11-23(12-16-25)26(27-7-5-6-8-28(27)32-4)17-18-30(21(3)31)19-22-9-13-24(29)14-10-22/h5-16,20,26H,17-19H2,1-4H3/t26-/m0/s1. The van der Waals surface area contributed by atoms with Crippen molar-refractivity contribution in [3.8, 4) is 11.5 Å². The molecule has 0 heterocycles. The lowest BCUT2D eigenvalue weighted by molar-refractivity contribution is -0.129. The van der Waals surface area contributed by atoms with Gasteiger partial charge in [0.2, 0.25) is 5.91 Å². The minimum atomic E-state index is 0.0457. The number of methoxy groups -OCH3 is 1. The smallest absolute Gasteiger partial charge is 0.219 e. The van der Waals surface area contributed by atoms with Crippen molar-refractivity contribution in [1.29, 1.82) is 0 Å². The third-order valence-electron chi connectivity index (χ3n) is 5.59. The summed E-state index contributed by atoms with van der Waals surface area (Å²) in [5.74, 6) is 1.81. The number of carbonyl (C=O) groups is 1. The van der Waals surface area contributed by atoms with Crippen LogP contribution in [0.3, 0.4) is 0 Å². The maximum Gasteiger partial charge on any atom is 0.219 e. The van der Waals surface area contributed by atoms with Crippen LogP contribution >= 0.6 is 11.6 Å². The summed E-state index contributed by atoms with van der Waals surface area (Å²) in [4.78, 5) is 14.3. The Kier molecular flexibility index (Phi) is 8.79. The number of rotatable bonds is 10. The molecule has 0 radical (unpaired) electrons. The Balaban J connectivity index is 1.85. The van der Waals surface area contributed by atoms with Gasteiger partial charge in [-0.3, -0.25) is 4.79 Å². The van der Waals surface area contributed by atoms with Crippen LogP contribution in [0, 0.1) is 0 Å². The van der Waals surface area contributed by atoms with Gasteiger partial charge in [-0.25, -0.2) is 0 Å². The Morgan fingerprint density at radius 2 is 1.64 bits per heavy atom. The molecule has 3 aromatic rings. The van der Waals surface area contributed by atoms with E-state index < -0.39 is 0 Å². The van der Waals surface area contributed by atoms with Gasteiger partial charge in [0.25, 0.3) is 0 Å². The van der Waals surface area contributed by atoms with Gasteiger partial charge in [0.15, 0.2) is 0 Å². The molecule has 33 heavy (non-hydrogen) atoms. The Labute approximate surface area is 202 Å². The third-order valence-corrected chi connectivity index (χ3v) is 5.84. The summed E-state index contributed by atoms with van der Waals surface area (Å²) in [5, 5.41) is 0.689. The van der Waals surface area contributed by atoms with Gasteiger partial charge in [-0.05, 0) is 61.7 Å². The van der Waals surface area contributed by atoms with Gasteiger partial charge < -0.3 is 14.4 Å². The molecule has 1 amide bonds. The van der Waals surface area contributed by atoms with E-state index in [1.807, 2.05) is 73.3 Å². The van der Waals surface area contributed by atoms with Crippen molar-refractivity contribution < 1.29 is 14.3 Å². The number of benzene rings is 3. The highest BCUT2D eigenvalue weighted by Gasteiger charge is 2.21. The topological polar surface area (TPSA) is 38.8 Å². The minimum Gasteiger partial charge on any atom is -0.496 e. The van der Waals surface area contributed by atoms with Crippen LogP contribution in [0.5, 0.6) is 11.5 Å². The van der Waals surface area contributed by atoms with Crippen LogP contribution in [0.2, 0.25) is 5.02 Å². The van der Waals surface area contributed by atoms with Gasteiger partial charge in [0.05, 0.1) is 13.2 Å². The Hall–Kier alpha value is -2.98. The number of carbonyl (C=O) groups excluding carboxylic acids is 1. The van der Waals surface area contributed by atoms with E-state index in [9.17, 15) is 4.79 Å². The summed E-state index contributed by atoms with van der Waals surface area (Å²) in [6.07, 6.45) is 0.885. The molecule has 0 aliphatic heterocycles. The van der Waals surface area contributed by atoms with Gasteiger partial charge in [-0.1, -0.05) is 54.1 Å². The van der Waals surface area contributed by atoms with Crippen LogP contribution < -0.4 is 9.47 Å². The molecule has 174 valence electrons. The molecule has 0 bridgehead atoms.